The van der Waals surface area contributed by atoms with E-state index < -0.39 is 0 Å². The molecule has 0 aliphatic carbocycles. The van der Waals surface area contributed by atoms with Gasteiger partial charge < -0.3 is 10.4 Å². The zero-order chi connectivity index (χ0) is 18.7. The Bertz CT molecular complexity index is 965. The van der Waals surface area contributed by atoms with Gasteiger partial charge in [-0.25, -0.2) is 4.98 Å². The molecule has 0 aliphatic rings. The number of aldehydes is 1. The maximum absolute atomic E-state index is 12.3. The Morgan fingerprint density at radius 3 is 2.65 bits per heavy atom. The van der Waals surface area contributed by atoms with E-state index in [0.717, 1.165) is 11.8 Å². The second-order valence-electron chi connectivity index (χ2n) is 5.37. The van der Waals surface area contributed by atoms with Crippen LogP contribution in [0.15, 0.2) is 41.8 Å². The predicted octanol–water partition coefficient (Wildman–Crippen LogP) is 4.57. The number of thiazole rings is 1. The van der Waals surface area contributed by atoms with Crippen LogP contribution in [0.4, 0.5) is 0 Å². The van der Waals surface area contributed by atoms with Crippen molar-refractivity contribution in [3.63, 3.8) is 0 Å². The molecule has 132 valence electrons. The maximum atomic E-state index is 12.3. The van der Waals surface area contributed by atoms with Crippen LogP contribution in [0, 0.1) is 0 Å². The van der Waals surface area contributed by atoms with Gasteiger partial charge in [-0.3, -0.25) is 9.59 Å². The van der Waals surface area contributed by atoms with E-state index in [1.807, 2.05) is 6.07 Å². The van der Waals surface area contributed by atoms with E-state index in [4.69, 9.17) is 23.2 Å². The molecular weight excluding hydrogens is 395 g/mol. The van der Waals surface area contributed by atoms with Crippen molar-refractivity contribution in [2.24, 2.45) is 0 Å². The van der Waals surface area contributed by atoms with Crippen LogP contribution >= 0.6 is 34.5 Å². The number of aromatic hydroxyl groups is 1. The van der Waals surface area contributed by atoms with Gasteiger partial charge in [-0.05, 0) is 23.8 Å². The SMILES string of the molecule is O=Cc1cccc(CNC(=O)c2csc(-c3cc(Cl)c(O)c(Cl)c3)n2)c1. The Morgan fingerprint density at radius 1 is 1.23 bits per heavy atom. The topological polar surface area (TPSA) is 79.3 Å². The summed E-state index contributed by atoms with van der Waals surface area (Å²) >= 11 is 13.1. The summed E-state index contributed by atoms with van der Waals surface area (Å²) in [5.74, 6) is -0.524. The van der Waals surface area contributed by atoms with E-state index in [2.05, 4.69) is 10.3 Å². The molecule has 1 aromatic heterocycles. The number of halogens is 2. The third-order valence-corrected chi connectivity index (χ3v) is 5.01. The molecule has 8 heteroatoms. The molecule has 1 amide bonds. The fourth-order valence-electron chi connectivity index (χ4n) is 2.25. The van der Waals surface area contributed by atoms with Gasteiger partial charge in [-0.15, -0.1) is 11.3 Å². The van der Waals surface area contributed by atoms with Gasteiger partial charge >= 0.3 is 0 Å². The van der Waals surface area contributed by atoms with E-state index in [0.29, 0.717) is 16.1 Å². The third kappa shape index (κ3) is 4.04. The second kappa shape index (κ2) is 7.86. The van der Waals surface area contributed by atoms with Crippen LogP contribution in [0.3, 0.4) is 0 Å². The molecule has 1 heterocycles. The van der Waals surface area contributed by atoms with Crippen molar-refractivity contribution in [3.05, 3.63) is 68.6 Å². The fraction of sp³-hybridized carbons (Fsp3) is 0.0556. The van der Waals surface area contributed by atoms with Crippen molar-refractivity contribution in [2.45, 2.75) is 6.54 Å². The van der Waals surface area contributed by atoms with Crippen molar-refractivity contribution in [1.29, 1.82) is 0 Å². The van der Waals surface area contributed by atoms with E-state index in [-0.39, 0.29) is 33.9 Å². The van der Waals surface area contributed by atoms with Crippen LogP contribution in [0.2, 0.25) is 10.0 Å². The summed E-state index contributed by atoms with van der Waals surface area (Å²) in [7, 11) is 0. The summed E-state index contributed by atoms with van der Waals surface area (Å²) in [4.78, 5) is 27.4. The van der Waals surface area contributed by atoms with Crippen molar-refractivity contribution in [3.8, 4) is 16.3 Å². The van der Waals surface area contributed by atoms with Gasteiger partial charge in [0.1, 0.15) is 17.0 Å². The average Bonchev–Trinajstić information content (AvgIpc) is 3.14. The summed E-state index contributed by atoms with van der Waals surface area (Å²) in [6.07, 6.45) is 0.756. The van der Waals surface area contributed by atoms with Gasteiger partial charge in [0.25, 0.3) is 5.91 Å². The monoisotopic (exact) mass is 406 g/mol. The molecule has 3 rings (SSSR count). The van der Waals surface area contributed by atoms with Crippen LogP contribution in [0.25, 0.3) is 10.6 Å². The lowest BCUT2D eigenvalue weighted by atomic mass is 10.1. The Kier molecular flexibility index (Phi) is 5.56. The summed E-state index contributed by atoms with van der Waals surface area (Å²) in [5.41, 5.74) is 2.24. The summed E-state index contributed by atoms with van der Waals surface area (Å²) in [6, 6.07) is 10.0. The molecule has 0 atom stereocenters. The van der Waals surface area contributed by atoms with Crippen molar-refractivity contribution in [2.75, 3.05) is 0 Å². The molecule has 0 spiro atoms. The average molecular weight is 407 g/mol. The number of carbonyl (C=O) groups is 2. The lowest BCUT2D eigenvalue weighted by Crippen LogP contribution is -2.23. The normalized spacial score (nSPS) is 10.5. The summed E-state index contributed by atoms with van der Waals surface area (Å²) in [5, 5.41) is 14.8. The summed E-state index contributed by atoms with van der Waals surface area (Å²) in [6.45, 7) is 0.282. The number of amides is 1. The molecule has 5 nitrogen and oxygen atoms in total. The zero-order valence-corrected chi connectivity index (χ0v) is 15.5. The number of carbonyl (C=O) groups excluding carboxylic acids is 2. The lowest BCUT2D eigenvalue weighted by Gasteiger charge is -2.04. The standard InChI is InChI=1S/C18H12Cl2N2O3S/c19-13-5-12(6-14(20)16(13)24)18-22-15(9-26-18)17(25)21-7-10-2-1-3-11(4-10)8-23/h1-6,8-9,24H,7H2,(H,21,25). The summed E-state index contributed by atoms with van der Waals surface area (Å²) < 4.78 is 0. The molecule has 0 bridgehead atoms. The van der Waals surface area contributed by atoms with Gasteiger partial charge in [0.05, 0.1) is 10.0 Å². The molecule has 0 radical (unpaired) electrons. The Morgan fingerprint density at radius 2 is 1.96 bits per heavy atom. The number of hydrogen-bond donors (Lipinski definition) is 2. The highest BCUT2D eigenvalue weighted by Gasteiger charge is 2.14. The third-order valence-electron chi connectivity index (χ3n) is 3.54. The Balaban J connectivity index is 1.73. The van der Waals surface area contributed by atoms with E-state index in [1.54, 1.807) is 23.6 Å². The first-order valence-electron chi connectivity index (χ1n) is 7.44. The Hall–Kier alpha value is -2.41. The first-order chi connectivity index (χ1) is 12.5. The number of phenolic OH excluding ortho intramolecular Hbond substituents is 1. The smallest absolute Gasteiger partial charge is 0.271 e. The van der Waals surface area contributed by atoms with Crippen molar-refractivity contribution >= 4 is 46.7 Å². The molecule has 2 aromatic carbocycles. The van der Waals surface area contributed by atoms with Gasteiger partial charge in [-0.1, -0.05) is 41.4 Å². The quantitative estimate of drug-likeness (QED) is 0.608. The lowest BCUT2D eigenvalue weighted by molar-refractivity contribution is 0.0946. The number of benzene rings is 2. The first kappa shape index (κ1) is 18.4. The fourth-order valence-corrected chi connectivity index (χ4v) is 3.52. The predicted molar refractivity (Wildman–Crippen MR) is 102 cm³/mol. The highest BCUT2D eigenvalue weighted by molar-refractivity contribution is 7.13. The molecule has 3 aromatic rings. The number of nitrogens with zero attached hydrogens (tertiary/aromatic N) is 1. The van der Waals surface area contributed by atoms with Gasteiger partial charge in [0, 0.05) is 23.1 Å². The number of phenols is 1. The van der Waals surface area contributed by atoms with Gasteiger partial charge in [-0.2, -0.15) is 0 Å². The van der Waals surface area contributed by atoms with E-state index >= 15 is 0 Å². The largest absolute Gasteiger partial charge is 0.505 e. The molecule has 26 heavy (non-hydrogen) atoms. The second-order valence-corrected chi connectivity index (χ2v) is 7.04. The number of aromatic nitrogens is 1. The molecular formula is C18H12Cl2N2O3S. The van der Waals surface area contributed by atoms with Crippen LogP contribution in [0.1, 0.15) is 26.4 Å². The Labute approximate surface area is 163 Å². The van der Waals surface area contributed by atoms with Crippen molar-refractivity contribution in [1.82, 2.24) is 10.3 Å². The molecule has 0 aliphatic heterocycles. The number of nitrogens with one attached hydrogen (secondary N) is 1. The highest BCUT2D eigenvalue weighted by Crippen LogP contribution is 2.37. The van der Waals surface area contributed by atoms with E-state index in [9.17, 15) is 14.7 Å². The number of rotatable bonds is 5. The molecule has 0 saturated carbocycles. The van der Waals surface area contributed by atoms with Crippen LogP contribution < -0.4 is 5.32 Å². The molecule has 0 unspecified atom stereocenters. The molecule has 2 N–H and O–H groups in total. The van der Waals surface area contributed by atoms with Crippen LogP contribution in [-0.4, -0.2) is 22.3 Å². The van der Waals surface area contributed by atoms with Gasteiger partial charge in [0.15, 0.2) is 5.75 Å². The number of hydrogen-bond acceptors (Lipinski definition) is 5. The molecule has 0 saturated heterocycles. The van der Waals surface area contributed by atoms with Crippen LogP contribution in [0.5, 0.6) is 5.75 Å². The van der Waals surface area contributed by atoms with E-state index in [1.165, 1.54) is 23.5 Å². The van der Waals surface area contributed by atoms with Crippen LogP contribution in [-0.2, 0) is 6.54 Å². The molecule has 0 fully saturated rings. The minimum atomic E-state index is -0.333. The maximum Gasteiger partial charge on any atom is 0.271 e. The minimum absolute atomic E-state index is 0.115. The first-order valence-corrected chi connectivity index (χ1v) is 9.07. The van der Waals surface area contributed by atoms with Gasteiger partial charge in [0.2, 0.25) is 0 Å². The van der Waals surface area contributed by atoms with Crippen molar-refractivity contribution < 1.29 is 14.7 Å². The highest BCUT2D eigenvalue weighted by atomic mass is 35.5. The minimum Gasteiger partial charge on any atom is -0.505 e. The zero-order valence-electron chi connectivity index (χ0n) is 13.2.